The fourth-order valence-electron chi connectivity index (χ4n) is 4.92. The number of amides is 2. The number of anilines is 1. The molecule has 1 saturated carbocycles. The molecule has 3 aromatic rings. The lowest BCUT2D eigenvalue weighted by Crippen LogP contribution is -2.52. The molecule has 0 bridgehead atoms. The van der Waals surface area contributed by atoms with Gasteiger partial charge >= 0.3 is 6.09 Å². The average molecular weight is 532 g/mol. The van der Waals surface area contributed by atoms with Crippen LogP contribution in [0.15, 0.2) is 60.7 Å². The van der Waals surface area contributed by atoms with E-state index in [9.17, 15) is 9.59 Å². The smallest absolute Gasteiger partial charge is 0.408 e. The first-order chi connectivity index (χ1) is 18.2. The van der Waals surface area contributed by atoms with E-state index in [1.807, 2.05) is 75.6 Å². The van der Waals surface area contributed by atoms with Crippen LogP contribution in [0.5, 0.6) is 5.88 Å². The number of pyridine rings is 1. The largest absolute Gasteiger partial charge is 0.466 e. The van der Waals surface area contributed by atoms with Crippen molar-refractivity contribution in [2.75, 3.05) is 23.6 Å². The summed E-state index contributed by atoms with van der Waals surface area (Å²) in [6.07, 6.45) is 4.35. The number of nitrogens with one attached hydrogen (secondary N) is 1. The van der Waals surface area contributed by atoms with E-state index >= 15 is 0 Å². The van der Waals surface area contributed by atoms with Crippen LogP contribution in [0.25, 0.3) is 22.4 Å². The van der Waals surface area contributed by atoms with E-state index in [1.54, 1.807) is 16.7 Å². The lowest BCUT2D eigenvalue weighted by atomic mass is 9.71. The quantitative estimate of drug-likeness (QED) is 0.398. The number of rotatable bonds is 6. The molecular weight excluding hydrogens is 498 g/mol. The molecule has 198 valence electrons. The maximum atomic E-state index is 12.6. The van der Waals surface area contributed by atoms with Crippen LogP contribution in [0.1, 0.15) is 45.6 Å². The molecule has 0 saturated heterocycles. The van der Waals surface area contributed by atoms with Crippen LogP contribution >= 0.6 is 11.8 Å². The topological polar surface area (TPSA) is 80.8 Å². The SMILES string of the molecule is CSCN1C(=O)COc2nc(-c3ccc(C4(NC(=O)OC(C)(C)C)CCC4)cc3)c(-c3ccccc3)cc21. The normalized spacial score (nSPS) is 16.2. The fourth-order valence-corrected chi connectivity index (χ4v) is 5.46. The standard InChI is InChI=1S/C30H33N3O4S/c1-29(2,3)37-28(35)32-30(15-8-16-30)22-13-11-21(12-14-22)26-23(20-9-6-5-7-10-20)17-24-27(31-26)36-18-25(34)33(24)19-38-4/h5-7,9-14,17H,8,15-16,18-19H2,1-4H3,(H,32,35). The summed E-state index contributed by atoms with van der Waals surface area (Å²) in [5.74, 6) is 0.916. The highest BCUT2D eigenvalue weighted by molar-refractivity contribution is 7.98. The van der Waals surface area contributed by atoms with Gasteiger partial charge in [0, 0.05) is 11.1 Å². The predicted octanol–water partition coefficient (Wildman–Crippen LogP) is 6.37. The molecule has 1 N–H and O–H groups in total. The lowest BCUT2D eigenvalue weighted by molar-refractivity contribution is -0.121. The Balaban J connectivity index is 1.52. The van der Waals surface area contributed by atoms with Crippen molar-refractivity contribution in [1.29, 1.82) is 0 Å². The van der Waals surface area contributed by atoms with Crippen LogP contribution in [0.4, 0.5) is 10.5 Å². The number of thioether (sulfide) groups is 1. The molecule has 2 amide bonds. The van der Waals surface area contributed by atoms with Crippen molar-refractivity contribution in [2.24, 2.45) is 0 Å². The Morgan fingerprint density at radius 1 is 1.11 bits per heavy atom. The zero-order valence-corrected chi connectivity index (χ0v) is 23.1. The molecule has 7 nitrogen and oxygen atoms in total. The molecular formula is C30H33N3O4S. The van der Waals surface area contributed by atoms with Crippen molar-refractivity contribution in [3.8, 4) is 28.3 Å². The Hall–Kier alpha value is -3.52. The Morgan fingerprint density at radius 3 is 2.42 bits per heavy atom. The number of benzene rings is 2. The monoisotopic (exact) mass is 531 g/mol. The number of hydrogen-bond acceptors (Lipinski definition) is 6. The van der Waals surface area contributed by atoms with Crippen LogP contribution < -0.4 is 15.0 Å². The molecule has 1 aliphatic carbocycles. The van der Waals surface area contributed by atoms with Crippen LogP contribution in [-0.2, 0) is 15.1 Å². The van der Waals surface area contributed by atoms with Crippen molar-refractivity contribution >= 4 is 29.4 Å². The van der Waals surface area contributed by atoms with Gasteiger partial charge in [0.1, 0.15) is 11.3 Å². The van der Waals surface area contributed by atoms with Crippen molar-refractivity contribution < 1.29 is 19.1 Å². The number of fused-ring (bicyclic) bond motifs is 1. The maximum Gasteiger partial charge on any atom is 0.408 e. The molecule has 2 heterocycles. The molecule has 1 fully saturated rings. The van der Waals surface area contributed by atoms with Gasteiger partial charge in [-0.25, -0.2) is 9.78 Å². The number of carbonyl (C=O) groups excluding carboxylic acids is 2. The molecule has 2 aliphatic rings. The summed E-state index contributed by atoms with van der Waals surface area (Å²) in [5.41, 5.74) is 4.40. The minimum absolute atomic E-state index is 0.0253. The summed E-state index contributed by atoms with van der Waals surface area (Å²) in [5, 5.41) is 3.12. The summed E-state index contributed by atoms with van der Waals surface area (Å²) in [7, 11) is 0. The molecule has 38 heavy (non-hydrogen) atoms. The maximum absolute atomic E-state index is 12.6. The second-order valence-corrected chi connectivity index (χ2v) is 11.6. The summed E-state index contributed by atoms with van der Waals surface area (Å²) < 4.78 is 11.3. The second-order valence-electron chi connectivity index (χ2n) is 10.7. The molecule has 1 aromatic heterocycles. The van der Waals surface area contributed by atoms with Crippen molar-refractivity contribution in [2.45, 2.75) is 51.2 Å². The van der Waals surface area contributed by atoms with Gasteiger partial charge in [0.25, 0.3) is 5.91 Å². The first-order valence-electron chi connectivity index (χ1n) is 12.8. The van der Waals surface area contributed by atoms with Gasteiger partial charge in [-0.1, -0.05) is 54.6 Å². The summed E-state index contributed by atoms with van der Waals surface area (Å²) in [4.78, 5) is 31.8. The van der Waals surface area contributed by atoms with Gasteiger partial charge in [0.15, 0.2) is 6.61 Å². The zero-order chi connectivity index (χ0) is 26.9. The minimum atomic E-state index is -0.553. The van der Waals surface area contributed by atoms with Gasteiger partial charge in [0.05, 0.1) is 17.1 Å². The fraction of sp³-hybridized carbons (Fsp3) is 0.367. The lowest BCUT2D eigenvalue weighted by Gasteiger charge is -2.43. The van der Waals surface area contributed by atoms with Crippen LogP contribution in [0, 0.1) is 0 Å². The van der Waals surface area contributed by atoms with Gasteiger partial charge in [-0.2, -0.15) is 0 Å². The summed E-state index contributed by atoms with van der Waals surface area (Å²) in [6, 6.07) is 20.3. The summed E-state index contributed by atoms with van der Waals surface area (Å²) in [6.45, 7) is 5.57. The Labute approximate surface area is 227 Å². The molecule has 8 heteroatoms. The van der Waals surface area contributed by atoms with Crippen LogP contribution in [-0.4, -0.2) is 41.3 Å². The van der Waals surface area contributed by atoms with E-state index in [0.29, 0.717) is 17.4 Å². The average Bonchev–Trinajstić information content (AvgIpc) is 2.87. The molecule has 0 radical (unpaired) electrons. The third kappa shape index (κ3) is 5.23. The van der Waals surface area contributed by atoms with Crippen molar-refractivity contribution in [3.05, 3.63) is 66.2 Å². The number of ether oxygens (including phenoxy) is 2. The van der Waals surface area contributed by atoms with Gasteiger partial charge in [-0.05, 0) is 63.5 Å². The molecule has 0 unspecified atom stereocenters. The van der Waals surface area contributed by atoms with Gasteiger partial charge in [-0.15, -0.1) is 11.8 Å². The van der Waals surface area contributed by atoms with E-state index in [4.69, 9.17) is 14.5 Å². The summed E-state index contributed by atoms with van der Waals surface area (Å²) >= 11 is 1.58. The highest BCUT2D eigenvalue weighted by Gasteiger charge is 2.41. The van der Waals surface area contributed by atoms with E-state index in [0.717, 1.165) is 47.2 Å². The van der Waals surface area contributed by atoms with Crippen LogP contribution in [0.2, 0.25) is 0 Å². The molecule has 0 spiro atoms. The third-order valence-electron chi connectivity index (χ3n) is 6.89. The molecule has 0 atom stereocenters. The number of nitrogens with zero attached hydrogens (tertiary/aromatic N) is 2. The first-order valence-corrected chi connectivity index (χ1v) is 14.2. The minimum Gasteiger partial charge on any atom is -0.466 e. The van der Waals surface area contributed by atoms with Crippen molar-refractivity contribution in [1.82, 2.24) is 10.3 Å². The number of carbonyl (C=O) groups is 2. The molecule has 1 aliphatic heterocycles. The van der Waals surface area contributed by atoms with E-state index in [2.05, 4.69) is 17.4 Å². The predicted molar refractivity (Wildman–Crippen MR) is 151 cm³/mol. The molecule has 5 rings (SSSR count). The van der Waals surface area contributed by atoms with Gasteiger partial charge < -0.3 is 14.8 Å². The van der Waals surface area contributed by atoms with E-state index in [1.165, 1.54) is 0 Å². The first kappa shape index (κ1) is 26.1. The number of alkyl carbamates (subject to hydrolysis) is 1. The second kappa shape index (κ2) is 10.3. The highest BCUT2D eigenvalue weighted by Crippen LogP contribution is 2.44. The van der Waals surface area contributed by atoms with Crippen LogP contribution in [0.3, 0.4) is 0 Å². The van der Waals surface area contributed by atoms with E-state index in [-0.39, 0.29) is 12.5 Å². The van der Waals surface area contributed by atoms with Gasteiger partial charge in [-0.3, -0.25) is 9.69 Å². The Kier molecular flexibility index (Phi) is 7.09. The third-order valence-corrected chi connectivity index (χ3v) is 7.41. The number of hydrogen-bond donors (Lipinski definition) is 1. The zero-order valence-electron chi connectivity index (χ0n) is 22.2. The Morgan fingerprint density at radius 2 is 1.82 bits per heavy atom. The van der Waals surface area contributed by atoms with E-state index < -0.39 is 17.2 Å². The Bertz CT molecular complexity index is 1330. The van der Waals surface area contributed by atoms with Gasteiger partial charge in [0.2, 0.25) is 5.88 Å². The number of aromatic nitrogens is 1. The van der Waals surface area contributed by atoms with Crippen molar-refractivity contribution in [3.63, 3.8) is 0 Å². The highest BCUT2D eigenvalue weighted by atomic mass is 32.2. The molecule has 2 aromatic carbocycles.